The molecule has 0 aromatic rings. The van der Waals surface area contributed by atoms with Crippen LogP contribution in [0.1, 0.15) is 104 Å². The zero-order valence-electron chi connectivity index (χ0n) is 15.5. The number of rotatable bonds is 8. The normalized spacial score (nSPS) is 36.4. The lowest BCUT2D eigenvalue weighted by Gasteiger charge is -2.43. The first-order valence-electron chi connectivity index (χ1n) is 10.3. The van der Waals surface area contributed by atoms with E-state index in [2.05, 4.69) is 31.9 Å². The van der Waals surface area contributed by atoms with Gasteiger partial charge in [-0.05, 0) is 69.0 Å². The Hall–Kier alpha value is 0.350. The molecule has 22 heavy (non-hydrogen) atoms. The predicted molar refractivity (Wildman–Crippen MR) is 103 cm³/mol. The van der Waals surface area contributed by atoms with Crippen molar-refractivity contribution in [1.29, 1.82) is 0 Å². The second-order valence-corrected chi connectivity index (χ2v) is 9.53. The number of hydrogen-bond donors (Lipinski definition) is 0. The lowest BCUT2D eigenvalue weighted by Crippen LogP contribution is -2.34. The van der Waals surface area contributed by atoms with E-state index in [1.807, 2.05) is 0 Å². The van der Waals surface area contributed by atoms with E-state index >= 15 is 0 Å². The average molecular weight is 325 g/mol. The Bertz CT molecular complexity index is 282. The molecule has 0 aliphatic heterocycles. The summed E-state index contributed by atoms with van der Waals surface area (Å²) in [6.45, 7) is 4.68. The average Bonchev–Trinajstić information content (AvgIpc) is 2.59. The summed E-state index contributed by atoms with van der Waals surface area (Å²) in [5.74, 6) is 3.24. The van der Waals surface area contributed by atoms with E-state index in [1.54, 1.807) is 25.7 Å². The minimum atomic E-state index is 0.658. The molecule has 0 amide bonds. The van der Waals surface area contributed by atoms with Crippen molar-refractivity contribution in [2.75, 3.05) is 6.26 Å². The Morgan fingerprint density at radius 1 is 0.818 bits per heavy atom. The van der Waals surface area contributed by atoms with Crippen LogP contribution in [0.25, 0.3) is 0 Å². The van der Waals surface area contributed by atoms with Crippen LogP contribution < -0.4 is 0 Å². The minimum absolute atomic E-state index is 0.658. The summed E-state index contributed by atoms with van der Waals surface area (Å²) in [5, 5.41) is 0. The number of hydrogen-bond acceptors (Lipinski definition) is 1. The summed E-state index contributed by atoms with van der Waals surface area (Å²) in [6.07, 6.45) is 23.3. The lowest BCUT2D eigenvalue weighted by molar-refractivity contribution is 0.148. The Morgan fingerprint density at radius 2 is 1.41 bits per heavy atom. The van der Waals surface area contributed by atoms with Gasteiger partial charge in [0, 0.05) is 4.75 Å². The molecule has 0 heterocycles. The summed E-state index contributed by atoms with van der Waals surface area (Å²) in [4.78, 5) is 0. The summed E-state index contributed by atoms with van der Waals surface area (Å²) in [7, 11) is 0. The van der Waals surface area contributed by atoms with Crippen molar-refractivity contribution in [3.8, 4) is 0 Å². The topological polar surface area (TPSA) is 0 Å². The molecule has 2 aliphatic rings. The van der Waals surface area contributed by atoms with Crippen LogP contribution in [0.4, 0.5) is 0 Å². The van der Waals surface area contributed by atoms with Crippen LogP contribution in [-0.4, -0.2) is 11.0 Å². The van der Waals surface area contributed by atoms with Crippen LogP contribution in [0.3, 0.4) is 0 Å². The van der Waals surface area contributed by atoms with Crippen molar-refractivity contribution in [1.82, 2.24) is 0 Å². The van der Waals surface area contributed by atoms with Crippen molar-refractivity contribution in [2.24, 2.45) is 17.8 Å². The molecule has 0 radical (unpaired) electrons. The van der Waals surface area contributed by atoms with Gasteiger partial charge in [0.25, 0.3) is 0 Å². The van der Waals surface area contributed by atoms with Gasteiger partial charge >= 0.3 is 0 Å². The highest BCUT2D eigenvalue weighted by Crippen LogP contribution is 2.48. The highest BCUT2D eigenvalue weighted by atomic mass is 32.2. The van der Waals surface area contributed by atoms with E-state index < -0.39 is 0 Å². The van der Waals surface area contributed by atoms with Crippen molar-refractivity contribution < 1.29 is 0 Å². The maximum atomic E-state index is 2.37. The first-order chi connectivity index (χ1) is 10.7. The van der Waals surface area contributed by atoms with Crippen molar-refractivity contribution in [2.45, 2.75) is 108 Å². The van der Waals surface area contributed by atoms with Gasteiger partial charge < -0.3 is 0 Å². The van der Waals surface area contributed by atoms with E-state index in [0.29, 0.717) is 4.75 Å². The Morgan fingerprint density at radius 3 is 1.95 bits per heavy atom. The molecule has 2 saturated carbocycles. The van der Waals surface area contributed by atoms with Crippen molar-refractivity contribution in [3.05, 3.63) is 0 Å². The summed E-state index contributed by atoms with van der Waals surface area (Å²) in [6, 6.07) is 0. The van der Waals surface area contributed by atoms with E-state index in [0.717, 1.165) is 17.8 Å². The first-order valence-corrected chi connectivity index (χ1v) is 11.5. The molecule has 0 bridgehead atoms. The van der Waals surface area contributed by atoms with Gasteiger partial charge in [-0.15, -0.1) is 0 Å². The van der Waals surface area contributed by atoms with Gasteiger partial charge in [-0.1, -0.05) is 58.8 Å². The maximum absolute atomic E-state index is 2.37. The molecule has 2 rings (SSSR count). The number of thioether (sulfide) groups is 1. The SMILES string of the molecule is CCCCC1CCC(C2CCC(CCCC)(SC)CC2)CC1. The van der Waals surface area contributed by atoms with Crippen molar-refractivity contribution >= 4 is 11.8 Å². The molecule has 1 heteroatoms. The zero-order valence-corrected chi connectivity index (χ0v) is 16.4. The van der Waals surface area contributed by atoms with Crippen molar-refractivity contribution in [3.63, 3.8) is 0 Å². The Kier molecular flexibility index (Phi) is 8.15. The summed E-state index contributed by atoms with van der Waals surface area (Å²) < 4.78 is 0.658. The van der Waals surface area contributed by atoms with Gasteiger partial charge in [0.2, 0.25) is 0 Å². The van der Waals surface area contributed by atoms with E-state index in [1.165, 1.54) is 64.2 Å². The lowest BCUT2D eigenvalue weighted by atomic mass is 9.68. The Balaban J connectivity index is 1.73. The molecular formula is C21H40S. The standard InChI is InChI=1S/C21H40S/c1-4-6-8-18-9-11-19(12-10-18)20-13-16-21(22-3,17-14-20)15-7-5-2/h18-20H,4-17H2,1-3H3. The maximum Gasteiger partial charge on any atom is 0.0157 e. The summed E-state index contributed by atoms with van der Waals surface area (Å²) >= 11 is 2.19. The first kappa shape index (κ1) is 18.7. The van der Waals surface area contributed by atoms with Gasteiger partial charge in [-0.3, -0.25) is 0 Å². The fraction of sp³-hybridized carbons (Fsp3) is 1.00. The molecular weight excluding hydrogens is 284 g/mol. The Labute approximate surface area is 144 Å². The molecule has 2 aliphatic carbocycles. The van der Waals surface area contributed by atoms with E-state index in [-0.39, 0.29) is 0 Å². The largest absolute Gasteiger partial charge is 0.159 e. The fourth-order valence-electron chi connectivity index (χ4n) is 5.13. The monoisotopic (exact) mass is 324 g/mol. The molecule has 0 unspecified atom stereocenters. The summed E-state index contributed by atoms with van der Waals surface area (Å²) in [5.41, 5.74) is 0. The molecule has 0 atom stereocenters. The molecule has 0 spiro atoms. The molecule has 0 saturated heterocycles. The van der Waals surface area contributed by atoms with Crippen LogP contribution in [0.15, 0.2) is 0 Å². The van der Waals surface area contributed by atoms with Crippen LogP contribution in [0.2, 0.25) is 0 Å². The highest BCUT2D eigenvalue weighted by Gasteiger charge is 2.37. The molecule has 130 valence electrons. The zero-order chi connectivity index (χ0) is 15.8. The second kappa shape index (κ2) is 9.60. The van der Waals surface area contributed by atoms with Crippen LogP contribution in [0.5, 0.6) is 0 Å². The predicted octanol–water partition coefficient (Wildman–Crippen LogP) is 7.47. The quantitative estimate of drug-likeness (QED) is 0.446. The van der Waals surface area contributed by atoms with Gasteiger partial charge in [0.05, 0.1) is 0 Å². The third kappa shape index (κ3) is 5.18. The highest BCUT2D eigenvalue weighted by molar-refractivity contribution is 8.00. The molecule has 0 nitrogen and oxygen atoms in total. The molecule has 0 N–H and O–H groups in total. The smallest absolute Gasteiger partial charge is 0.0157 e. The van der Waals surface area contributed by atoms with Crippen LogP contribution in [-0.2, 0) is 0 Å². The van der Waals surface area contributed by atoms with E-state index in [9.17, 15) is 0 Å². The molecule has 0 aromatic heterocycles. The second-order valence-electron chi connectivity index (χ2n) is 8.25. The third-order valence-electron chi connectivity index (χ3n) is 6.88. The van der Waals surface area contributed by atoms with Gasteiger partial charge in [-0.25, -0.2) is 0 Å². The molecule has 0 aromatic carbocycles. The van der Waals surface area contributed by atoms with Crippen LogP contribution in [0, 0.1) is 17.8 Å². The fourth-order valence-corrected chi connectivity index (χ4v) is 6.13. The van der Waals surface area contributed by atoms with Gasteiger partial charge in [0.15, 0.2) is 0 Å². The molecule has 2 fully saturated rings. The minimum Gasteiger partial charge on any atom is -0.159 e. The number of unbranched alkanes of at least 4 members (excludes halogenated alkanes) is 2. The van der Waals surface area contributed by atoms with E-state index in [4.69, 9.17) is 0 Å². The van der Waals surface area contributed by atoms with Crippen LogP contribution >= 0.6 is 11.8 Å². The van der Waals surface area contributed by atoms with Gasteiger partial charge in [-0.2, -0.15) is 11.8 Å². The van der Waals surface area contributed by atoms with Gasteiger partial charge in [0.1, 0.15) is 0 Å². The third-order valence-corrected chi connectivity index (χ3v) is 8.36.